The van der Waals surface area contributed by atoms with Crippen LogP contribution in [0.5, 0.6) is 5.75 Å². The summed E-state index contributed by atoms with van der Waals surface area (Å²) >= 11 is 1.08. The molecular formula is C20H22N2O4S. The van der Waals surface area contributed by atoms with E-state index in [4.69, 9.17) is 4.74 Å². The number of aliphatic hydroxyl groups excluding tert-OH is 1. The molecule has 2 atom stereocenters. The minimum absolute atomic E-state index is 0.139. The maximum atomic E-state index is 12.0. The van der Waals surface area contributed by atoms with Crippen LogP contribution in [0.2, 0.25) is 0 Å². The van der Waals surface area contributed by atoms with Gasteiger partial charge in [-0.25, -0.2) is 0 Å². The highest BCUT2D eigenvalue weighted by atomic mass is 32.2. The topological polar surface area (TPSA) is 79.7 Å². The number of nitrogens with zero attached hydrogens (tertiary/aromatic N) is 2. The molecule has 1 saturated heterocycles. The summed E-state index contributed by atoms with van der Waals surface area (Å²) in [7, 11) is 1.52. The number of ether oxygens (including phenoxy) is 1. The maximum Gasteiger partial charge on any atom is 0.288 e. The van der Waals surface area contributed by atoms with Crippen molar-refractivity contribution in [2.75, 3.05) is 13.7 Å². The third-order valence-electron chi connectivity index (χ3n) is 4.42. The molecule has 0 saturated carbocycles. The molecule has 2 unspecified atom stereocenters. The molecule has 0 spiro atoms. The Balaban J connectivity index is 1.48. The molecule has 1 aromatic carbocycles. The van der Waals surface area contributed by atoms with E-state index in [2.05, 4.69) is 4.98 Å². The van der Waals surface area contributed by atoms with Gasteiger partial charge in [0.05, 0.1) is 18.0 Å². The van der Waals surface area contributed by atoms with E-state index in [9.17, 15) is 14.7 Å². The van der Waals surface area contributed by atoms with Gasteiger partial charge < -0.3 is 9.84 Å². The Morgan fingerprint density at radius 1 is 1.22 bits per heavy atom. The highest BCUT2D eigenvalue weighted by molar-refractivity contribution is 8.15. The van der Waals surface area contributed by atoms with Gasteiger partial charge in [-0.1, -0.05) is 30.0 Å². The molecule has 2 aromatic rings. The summed E-state index contributed by atoms with van der Waals surface area (Å²) < 4.78 is 5.74. The van der Waals surface area contributed by atoms with E-state index in [1.165, 1.54) is 11.9 Å². The van der Waals surface area contributed by atoms with Gasteiger partial charge in [0, 0.05) is 25.4 Å². The number of imide groups is 1. The van der Waals surface area contributed by atoms with Crippen molar-refractivity contribution in [3.05, 3.63) is 59.4 Å². The number of amides is 2. The first-order valence-electron chi connectivity index (χ1n) is 8.77. The van der Waals surface area contributed by atoms with E-state index < -0.39 is 6.10 Å². The molecule has 1 aliphatic rings. The molecule has 1 N–H and O–H groups in total. The summed E-state index contributed by atoms with van der Waals surface area (Å²) in [5.41, 5.74) is 2.69. The molecule has 1 fully saturated rings. The Bertz CT molecular complexity index is 806. The molecule has 27 heavy (non-hydrogen) atoms. The fourth-order valence-electron chi connectivity index (χ4n) is 2.73. The van der Waals surface area contributed by atoms with Gasteiger partial charge in [0.2, 0.25) is 5.91 Å². The van der Waals surface area contributed by atoms with Gasteiger partial charge in [0.15, 0.2) is 0 Å². The number of pyridine rings is 1. The number of aromatic nitrogens is 1. The van der Waals surface area contributed by atoms with Crippen molar-refractivity contribution in [2.45, 2.75) is 31.1 Å². The monoisotopic (exact) mass is 386 g/mol. The van der Waals surface area contributed by atoms with Crippen LogP contribution in [0.3, 0.4) is 0 Å². The smallest absolute Gasteiger partial charge is 0.288 e. The Morgan fingerprint density at radius 2 is 1.96 bits per heavy atom. The number of carbonyl (C=O) groups is 2. The number of hydrogen-bond donors (Lipinski definition) is 1. The van der Waals surface area contributed by atoms with Gasteiger partial charge >= 0.3 is 0 Å². The predicted molar refractivity (Wildman–Crippen MR) is 104 cm³/mol. The molecule has 2 amide bonds. The third-order valence-corrected chi connectivity index (χ3v) is 5.55. The van der Waals surface area contributed by atoms with Crippen molar-refractivity contribution in [2.24, 2.45) is 0 Å². The molecule has 142 valence electrons. The van der Waals surface area contributed by atoms with Gasteiger partial charge in [-0.3, -0.25) is 19.5 Å². The maximum absolute atomic E-state index is 12.0. The molecular weight excluding hydrogens is 364 g/mol. The molecule has 7 heteroatoms. The SMILES string of the molecule is CC(O)c1ccc(CCOc2ccc(CC3SC(=O)N(C)C3=O)cc2)nc1. The number of carbonyl (C=O) groups excluding carboxylic acids is 2. The first-order valence-corrected chi connectivity index (χ1v) is 9.65. The Morgan fingerprint density at radius 3 is 2.52 bits per heavy atom. The number of thioether (sulfide) groups is 1. The number of rotatable bonds is 7. The summed E-state index contributed by atoms with van der Waals surface area (Å²) in [4.78, 5) is 29.0. The van der Waals surface area contributed by atoms with Crippen LogP contribution in [0.15, 0.2) is 42.6 Å². The molecule has 2 heterocycles. The zero-order valence-corrected chi connectivity index (χ0v) is 16.1. The van der Waals surface area contributed by atoms with E-state index in [0.717, 1.165) is 34.3 Å². The lowest BCUT2D eigenvalue weighted by Gasteiger charge is -2.10. The minimum atomic E-state index is -0.516. The molecule has 6 nitrogen and oxygen atoms in total. The van der Waals surface area contributed by atoms with Crippen LogP contribution in [0.4, 0.5) is 4.79 Å². The standard InChI is InChI=1S/C20H22N2O4S/c1-13(23)15-5-6-16(21-12-15)9-10-26-17-7-3-14(4-8-17)11-18-19(24)22(2)20(25)27-18/h3-8,12-13,18,23H,9-11H2,1-2H3. The zero-order chi connectivity index (χ0) is 19.4. The van der Waals surface area contributed by atoms with Crippen LogP contribution < -0.4 is 4.74 Å². The Hall–Kier alpha value is -2.38. The van der Waals surface area contributed by atoms with Crippen LogP contribution in [-0.4, -0.2) is 45.0 Å². The summed E-state index contributed by atoms with van der Waals surface area (Å²) in [5.74, 6) is 0.609. The lowest BCUT2D eigenvalue weighted by molar-refractivity contribution is -0.125. The lowest BCUT2D eigenvalue weighted by Crippen LogP contribution is -2.28. The van der Waals surface area contributed by atoms with E-state index in [0.29, 0.717) is 19.4 Å². The van der Waals surface area contributed by atoms with Gasteiger partial charge in [-0.05, 0) is 42.7 Å². The highest BCUT2D eigenvalue weighted by Crippen LogP contribution is 2.28. The highest BCUT2D eigenvalue weighted by Gasteiger charge is 2.36. The van der Waals surface area contributed by atoms with Crippen molar-refractivity contribution >= 4 is 22.9 Å². The van der Waals surface area contributed by atoms with Gasteiger partial charge in [-0.15, -0.1) is 0 Å². The first-order chi connectivity index (χ1) is 12.9. The van der Waals surface area contributed by atoms with Crippen molar-refractivity contribution in [1.29, 1.82) is 0 Å². The second-order valence-electron chi connectivity index (χ2n) is 6.48. The van der Waals surface area contributed by atoms with Crippen LogP contribution in [0.1, 0.15) is 29.8 Å². The first kappa shape index (κ1) is 19.4. The fraction of sp³-hybridized carbons (Fsp3) is 0.350. The minimum Gasteiger partial charge on any atom is -0.493 e. The average molecular weight is 386 g/mol. The zero-order valence-electron chi connectivity index (χ0n) is 15.3. The fourth-order valence-corrected chi connectivity index (χ4v) is 3.75. The Kier molecular flexibility index (Phi) is 6.13. The second-order valence-corrected chi connectivity index (χ2v) is 7.63. The summed E-state index contributed by atoms with van der Waals surface area (Å²) in [5, 5.41) is 8.95. The molecule has 1 aliphatic heterocycles. The van der Waals surface area contributed by atoms with Crippen molar-refractivity contribution < 1.29 is 19.4 Å². The number of aliphatic hydroxyl groups is 1. The molecule has 0 aliphatic carbocycles. The summed E-state index contributed by atoms with van der Waals surface area (Å²) in [6, 6.07) is 11.3. The van der Waals surface area contributed by atoms with Gasteiger partial charge in [0.1, 0.15) is 5.75 Å². The largest absolute Gasteiger partial charge is 0.493 e. The number of benzene rings is 1. The van der Waals surface area contributed by atoms with E-state index in [1.54, 1.807) is 13.1 Å². The predicted octanol–water partition coefficient (Wildman–Crippen LogP) is 2.99. The van der Waals surface area contributed by atoms with Gasteiger partial charge in [0.25, 0.3) is 5.24 Å². The van der Waals surface area contributed by atoms with E-state index >= 15 is 0 Å². The van der Waals surface area contributed by atoms with Crippen molar-refractivity contribution in [1.82, 2.24) is 9.88 Å². The molecule has 1 aromatic heterocycles. The second kappa shape index (κ2) is 8.54. The average Bonchev–Trinajstić information content (AvgIpc) is 2.90. The molecule has 0 bridgehead atoms. The Labute approximate surface area is 162 Å². The van der Waals surface area contributed by atoms with Crippen LogP contribution in [-0.2, 0) is 17.6 Å². The van der Waals surface area contributed by atoms with Crippen LogP contribution in [0.25, 0.3) is 0 Å². The van der Waals surface area contributed by atoms with Crippen molar-refractivity contribution in [3.63, 3.8) is 0 Å². The molecule has 0 radical (unpaired) electrons. The van der Waals surface area contributed by atoms with Crippen LogP contribution >= 0.6 is 11.8 Å². The summed E-state index contributed by atoms with van der Waals surface area (Å²) in [6.45, 7) is 2.21. The normalized spacial score (nSPS) is 18.0. The lowest BCUT2D eigenvalue weighted by atomic mass is 10.1. The third kappa shape index (κ3) is 4.87. The van der Waals surface area contributed by atoms with Crippen LogP contribution in [0, 0.1) is 0 Å². The van der Waals surface area contributed by atoms with E-state index in [-0.39, 0.29) is 16.4 Å². The number of hydrogen-bond acceptors (Lipinski definition) is 6. The van der Waals surface area contributed by atoms with E-state index in [1.807, 2.05) is 36.4 Å². The van der Waals surface area contributed by atoms with Gasteiger partial charge in [-0.2, -0.15) is 0 Å². The molecule has 3 rings (SSSR count). The quantitative estimate of drug-likeness (QED) is 0.788. The summed E-state index contributed by atoms with van der Waals surface area (Å²) in [6.07, 6.45) is 2.36. The van der Waals surface area contributed by atoms with Crippen molar-refractivity contribution in [3.8, 4) is 5.75 Å².